The summed E-state index contributed by atoms with van der Waals surface area (Å²) in [6.07, 6.45) is 0. The number of carbonyl (C=O) groups is 1. The molecule has 0 heterocycles. The molecule has 0 aliphatic rings. The van der Waals surface area contributed by atoms with E-state index in [0.29, 0.717) is 12.1 Å². The van der Waals surface area contributed by atoms with Gasteiger partial charge in [-0.25, -0.2) is 22.4 Å². The molecule has 2 aromatic rings. The highest BCUT2D eigenvalue weighted by Crippen LogP contribution is 2.25. The molecule has 0 aliphatic heterocycles. The summed E-state index contributed by atoms with van der Waals surface area (Å²) >= 11 is 0. The van der Waals surface area contributed by atoms with Crippen LogP contribution in [0.25, 0.3) is 5.83 Å². The molecular formula is C16H9F5O2. The Kier molecular flexibility index (Phi) is 4.78. The highest BCUT2D eigenvalue weighted by Gasteiger charge is 2.21. The van der Waals surface area contributed by atoms with Crippen LogP contribution in [0.1, 0.15) is 11.1 Å². The van der Waals surface area contributed by atoms with E-state index in [2.05, 4.69) is 4.74 Å². The lowest BCUT2D eigenvalue weighted by molar-refractivity contribution is -0.131. The van der Waals surface area contributed by atoms with Gasteiger partial charge in [0.2, 0.25) is 5.83 Å². The van der Waals surface area contributed by atoms with Crippen molar-refractivity contribution in [2.75, 3.05) is 0 Å². The summed E-state index contributed by atoms with van der Waals surface area (Å²) in [6.45, 7) is 1.73. The Morgan fingerprint density at radius 3 is 2.00 bits per heavy atom. The van der Waals surface area contributed by atoms with E-state index in [-0.39, 0.29) is 5.56 Å². The van der Waals surface area contributed by atoms with Crippen LogP contribution in [0.15, 0.2) is 42.2 Å². The Hall–Kier alpha value is -2.70. The monoisotopic (exact) mass is 328 g/mol. The molecule has 0 bridgehead atoms. The van der Waals surface area contributed by atoms with Gasteiger partial charge in [-0.15, -0.1) is 0 Å². The van der Waals surface area contributed by atoms with Gasteiger partial charge in [-0.3, -0.25) is 0 Å². The molecule has 0 spiro atoms. The summed E-state index contributed by atoms with van der Waals surface area (Å²) in [4.78, 5) is 11.5. The van der Waals surface area contributed by atoms with Gasteiger partial charge in [0.05, 0.1) is 0 Å². The molecule has 0 atom stereocenters. The largest absolute Gasteiger partial charge is 0.421 e. The number of hydrogen-bond donors (Lipinski definition) is 0. The normalized spacial score (nSPS) is 11.9. The highest BCUT2D eigenvalue weighted by atomic mass is 19.2. The first-order valence-corrected chi connectivity index (χ1v) is 6.28. The standard InChI is InChI=1S/C16H9F5O2/c1-8-2-4-9(5-3-8)13(19)15(21)16(22)23-10-6-11(17)14(20)12(18)7-10/h2-7H,1H3/b15-13+. The minimum atomic E-state index is -1.88. The molecule has 0 N–H and O–H groups in total. The van der Waals surface area contributed by atoms with Gasteiger partial charge >= 0.3 is 5.97 Å². The molecule has 0 fully saturated rings. The number of carbonyl (C=O) groups excluding carboxylic acids is 1. The van der Waals surface area contributed by atoms with Crippen molar-refractivity contribution in [3.8, 4) is 5.75 Å². The summed E-state index contributed by atoms with van der Waals surface area (Å²) in [6, 6.07) is 6.17. The molecule has 0 aliphatic carbocycles. The maximum Gasteiger partial charge on any atom is 0.375 e. The first kappa shape index (κ1) is 16.7. The lowest BCUT2D eigenvalue weighted by Gasteiger charge is -2.05. The molecule has 0 unspecified atom stereocenters. The molecule has 0 saturated heterocycles. The third-order valence-electron chi connectivity index (χ3n) is 2.84. The van der Waals surface area contributed by atoms with Crippen molar-refractivity contribution >= 4 is 11.8 Å². The van der Waals surface area contributed by atoms with E-state index in [4.69, 9.17) is 0 Å². The van der Waals surface area contributed by atoms with Gasteiger partial charge < -0.3 is 4.74 Å². The Labute approximate surface area is 127 Å². The molecular weight excluding hydrogens is 319 g/mol. The first-order chi connectivity index (χ1) is 10.8. The van der Waals surface area contributed by atoms with Gasteiger partial charge in [-0.2, -0.15) is 4.39 Å². The van der Waals surface area contributed by atoms with E-state index in [1.54, 1.807) is 6.92 Å². The van der Waals surface area contributed by atoms with Crippen LogP contribution >= 0.6 is 0 Å². The molecule has 7 heteroatoms. The summed E-state index contributed by atoms with van der Waals surface area (Å²) in [7, 11) is 0. The number of hydrogen-bond acceptors (Lipinski definition) is 2. The van der Waals surface area contributed by atoms with Crippen molar-refractivity contribution in [2.24, 2.45) is 0 Å². The van der Waals surface area contributed by atoms with E-state index in [1.807, 2.05) is 0 Å². The van der Waals surface area contributed by atoms with E-state index < -0.39 is 40.8 Å². The third kappa shape index (κ3) is 3.74. The van der Waals surface area contributed by atoms with Crippen LogP contribution in [-0.4, -0.2) is 5.97 Å². The predicted octanol–water partition coefficient (Wildman–Crippen LogP) is 4.63. The van der Waals surface area contributed by atoms with Crippen molar-refractivity contribution in [1.29, 1.82) is 0 Å². The number of ether oxygens (including phenoxy) is 1. The van der Waals surface area contributed by atoms with E-state index in [1.165, 1.54) is 24.3 Å². The molecule has 120 valence electrons. The van der Waals surface area contributed by atoms with Crippen molar-refractivity contribution in [3.05, 3.63) is 70.8 Å². The summed E-state index contributed by atoms with van der Waals surface area (Å²) < 4.78 is 70.5. The number of aryl methyl sites for hydroxylation is 1. The second-order valence-corrected chi connectivity index (χ2v) is 4.58. The van der Waals surface area contributed by atoms with Crippen molar-refractivity contribution in [2.45, 2.75) is 6.92 Å². The average Bonchev–Trinajstić information content (AvgIpc) is 2.51. The zero-order valence-corrected chi connectivity index (χ0v) is 11.7. The fraction of sp³-hybridized carbons (Fsp3) is 0.0625. The Bertz CT molecular complexity index is 759. The zero-order chi connectivity index (χ0) is 17.1. The van der Waals surface area contributed by atoms with E-state index in [9.17, 15) is 26.7 Å². The predicted molar refractivity (Wildman–Crippen MR) is 72.3 cm³/mol. The molecule has 0 aromatic heterocycles. The van der Waals surface area contributed by atoms with Crippen LogP contribution < -0.4 is 4.74 Å². The van der Waals surface area contributed by atoms with Crippen molar-refractivity contribution < 1.29 is 31.5 Å². The van der Waals surface area contributed by atoms with Gasteiger partial charge in [0.15, 0.2) is 23.3 Å². The summed E-state index contributed by atoms with van der Waals surface area (Å²) in [5, 5.41) is 0. The quantitative estimate of drug-likeness (QED) is 0.270. The Morgan fingerprint density at radius 2 is 1.48 bits per heavy atom. The Balaban J connectivity index is 2.25. The van der Waals surface area contributed by atoms with Crippen LogP contribution in [0.2, 0.25) is 0 Å². The minimum Gasteiger partial charge on any atom is -0.421 e. The molecule has 2 aromatic carbocycles. The SMILES string of the molecule is Cc1ccc(/C(F)=C(\F)C(=O)Oc2cc(F)c(F)c(F)c2)cc1. The van der Waals surface area contributed by atoms with Gasteiger partial charge in [-0.1, -0.05) is 29.8 Å². The van der Waals surface area contributed by atoms with Crippen LogP contribution in [-0.2, 0) is 4.79 Å². The molecule has 0 radical (unpaired) electrons. The van der Waals surface area contributed by atoms with Gasteiger partial charge in [-0.05, 0) is 6.92 Å². The van der Waals surface area contributed by atoms with Crippen LogP contribution in [0.3, 0.4) is 0 Å². The lowest BCUT2D eigenvalue weighted by atomic mass is 10.1. The Morgan fingerprint density at radius 1 is 0.957 bits per heavy atom. The average molecular weight is 328 g/mol. The molecule has 23 heavy (non-hydrogen) atoms. The van der Waals surface area contributed by atoms with Crippen molar-refractivity contribution in [3.63, 3.8) is 0 Å². The molecule has 0 amide bonds. The topological polar surface area (TPSA) is 26.3 Å². The third-order valence-corrected chi connectivity index (χ3v) is 2.84. The van der Waals surface area contributed by atoms with Gasteiger partial charge in [0, 0.05) is 17.7 Å². The van der Waals surface area contributed by atoms with Gasteiger partial charge in [0.25, 0.3) is 0 Å². The highest BCUT2D eigenvalue weighted by molar-refractivity contribution is 5.94. The van der Waals surface area contributed by atoms with Crippen LogP contribution in [0, 0.1) is 24.4 Å². The second kappa shape index (κ2) is 6.60. The summed E-state index contributed by atoms with van der Waals surface area (Å²) in [5.74, 6) is -11.0. The molecule has 2 rings (SSSR count). The fourth-order valence-electron chi connectivity index (χ4n) is 1.66. The number of rotatable bonds is 3. The van der Waals surface area contributed by atoms with E-state index in [0.717, 1.165) is 5.56 Å². The van der Waals surface area contributed by atoms with Gasteiger partial charge in [0.1, 0.15) is 5.75 Å². The maximum absolute atomic E-state index is 13.8. The number of halogens is 5. The maximum atomic E-state index is 13.8. The fourth-order valence-corrected chi connectivity index (χ4v) is 1.66. The van der Waals surface area contributed by atoms with Crippen LogP contribution in [0.4, 0.5) is 22.0 Å². The lowest BCUT2D eigenvalue weighted by Crippen LogP contribution is -2.10. The smallest absolute Gasteiger partial charge is 0.375 e. The van der Waals surface area contributed by atoms with E-state index >= 15 is 0 Å². The minimum absolute atomic E-state index is 0.207. The first-order valence-electron chi connectivity index (χ1n) is 6.28. The molecule has 2 nitrogen and oxygen atoms in total. The summed E-state index contributed by atoms with van der Waals surface area (Å²) in [5.41, 5.74) is 0.586. The number of esters is 1. The van der Waals surface area contributed by atoms with Crippen molar-refractivity contribution in [1.82, 2.24) is 0 Å². The number of benzene rings is 2. The van der Waals surface area contributed by atoms with Crippen LogP contribution in [0.5, 0.6) is 5.75 Å². The molecule has 0 saturated carbocycles. The second-order valence-electron chi connectivity index (χ2n) is 4.58. The zero-order valence-electron chi connectivity index (χ0n) is 11.7.